The Labute approximate surface area is 186 Å². The lowest BCUT2D eigenvalue weighted by Crippen LogP contribution is -2.69. The van der Waals surface area contributed by atoms with Crippen molar-refractivity contribution >= 4 is 14.9 Å². The molecule has 0 aliphatic rings. The average Bonchev–Trinajstić information content (AvgIpc) is 2.70. The molecule has 0 atom stereocenters. The zero-order chi connectivity index (χ0) is 27.2. The van der Waals surface area contributed by atoms with E-state index < -0.39 is 63.7 Å². The second-order valence-corrected chi connectivity index (χ2v) is 8.85. The summed E-state index contributed by atoms with van der Waals surface area (Å²) in [4.78, 5) is 11.6. The lowest BCUT2D eigenvalue weighted by molar-refractivity contribution is -0.414. The Bertz CT molecular complexity index is 651. The minimum atomic E-state index is -7.70. The van der Waals surface area contributed by atoms with Gasteiger partial charge in [-0.25, -0.2) is 13.6 Å². The minimum Gasteiger partial charge on any atom is -0.443 e. The van der Waals surface area contributed by atoms with Crippen molar-refractivity contribution < 1.29 is 75.5 Å². The van der Waals surface area contributed by atoms with Crippen LogP contribution in [0, 0.1) is 0 Å². The van der Waals surface area contributed by atoms with Gasteiger partial charge in [-0.05, 0) is 20.8 Å². The third-order valence-corrected chi connectivity index (χ3v) is 6.66. The molecule has 1 amide bonds. The van der Waals surface area contributed by atoms with Gasteiger partial charge in [-0.2, -0.15) is 43.9 Å². The third kappa shape index (κ3) is 6.39. The molecule has 0 rings (SSSR count). The standard InChI is InChI=1S/C15H21F12NO5Si/c1-4-31-34(32-5-2,33-6-3)8-28-10(29)30-7-11(18,19)13(22,23)15(26,27)14(24,25)12(20,21)9(16)17/h9H,4-8H2,1-3H3,(H,28,29). The maximum atomic E-state index is 13.6. The number of alkyl halides is 12. The van der Waals surface area contributed by atoms with Gasteiger partial charge in [0.25, 0.3) is 0 Å². The molecule has 0 heterocycles. The van der Waals surface area contributed by atoms with Gasteiger partial charge in [0.05, 0.1) is 6.17 Å². The van der Waals surface area contributed by atoms with Crippen LogP contribution < -0.4 is 5.32 Å². The van der Waals surface area contributed by atoms with E-state index in [0.29, 0.717) is 0 Å². The number of carbonyl (C=O) groups excluding carboxylic acids is 1. The van der Waals surface area contributed by atoms with Crippen molar-refractivity contribution in [2.75, 3.05) is 32.6 Å². The van der Waals surface area contributed by atoms with Gasteiger partial charge >= 0.3 is 50.9 Å². The number of nitrogens with one attached hydrogen (secondary N) is 1. The quantitative estimate of drug-likeness (QED) is 0.235. The summed E-state index contributed by atoms with van der Waals surface area (Å²) in [6.07, 6.45) is -8.29. The average molecular weight is 551 g/mol. The number of hydrogen-bond donors (Lipinski definition) is 1. The van der Waals surface area contributed by atoms with Crippen LogP contribution in [0.4, 0.5) is 57.5 Å². The Morgan fingerprint density at radius 3 is 1.53 bits per heavy atom. The number of hydrogen-bond acceptors (Lipinski definition) is 5. The molecule has 19 heteroatoms. The summed E-state index contributed by atoms with van der Waals surface area (Å²) >= 11 is 0. The van der Waals surface area contributed by atoms with Crippen LogP contribution in [0.5, 0.6) is 0 Å². The summed E-state index contributed by atoms with van der Waals surface area (Å²) in [5.74, 6) is -36.2. The van der Waals surface area contributed by atoms with Crippen molar-refractivity contribution in [3.63, 3.8) is 0 Å². The van der Waals surface area contributed by atoms with Crippen molar-refractivity contribution in [2.24, 2.45) is 0 Å². The largest absolute Gasteiger partial charge is 0.521 e. The van der Waals surface area contributed by atoms with Crippen LogP contribution in [-0.4, -0.2) is 83.5 Å². The Kier molecular flexibility index (Phi) is 11.0. The van der Waals surface area contributed by atoms with Crippen molar-refractivity contribution in [2.45, 2.75) is 56.8 Å². The van der Waals surface area contributed by atoms with Crippen LogP contribution in [-0.2, 0) is 18.0 Å². The summed E-state index contributed by atoms with van der Waals surface area (Å²) in [6.45, 7) is 1.33. The van der Waals surface area contributed by atoms with E-state index in [1.807, 2.05) is 0 Å². The smallest absolute Gasteiger partial charge is 0.443 e. The fourth-order valence-electron chi connectivity index (χ4n) is 2.19. The van der Waals surface area contributed by atoms with Crippen LogP contribution >= 0.6 is 0 Å². The molecule has 0 saturated heterocycles. The van der Waals surface area contributed by atoms with E-state index in [-0.39, 0.29) is 19.8 Å². The number of ether oxygens (including phenoxy) is 1. The minimum absolute atomic E-state index is 0.0280. The van der Waals surface area contributed by atoms with Crippen LogP contribution in [0.25, 0.3) is 0 Å². The van der Waals surface area contributed by atoms with E-state index in [1.54, 1.807) is 5.32 Å². The first-order valence-corrected chi connectivity index (χ1v) is 11.2. The Morgan fingerprint density at radius 1 is 0.765 bits per heavy atom. The first kappa shape index (κ1) is 32.5. The summed E-state index contributed by atoms with van der Waals surface area (Å²) in [5.41, 5.74) is 0. The van der Waals surface area contributed by atoms with Crippen molar-refractivity contribution in [3.05, 3.63) is 0 Å². The van der Waals surface area contributed by atoms with Crippen molar-refractivity contribution in [1.82, 2.24) is 5.32 Å². The van der Waals surface area contributed by atoms with Gasteiger partial charge in [-0.1, -0.05) is 0 Å². The zero-order valence-electron chi connectivity index (χ0n) is 17.7. The fourth-order valence-corrected chi connectivity index (χ4v) is 4.43. The molecule has 204 valence electrons. The molecule has 1 N–H and O–H groups in total. The highest BCUT2D eigenvalue weighted by atomic mass is 28.4. The Balaban J connectivity index is 5.54. The van der Waals surface area contributed by atoms with E-state index in [9.17, 15) is 57.5 Å². The number of rotatable bonds is 15. The normalized spacial score (nSPS) is 14.5. The highest BCUT2D eigenvalue weighted by Crippen LogP contribution is 2.58. The summed E-state index contributed by atoms with van der Waals surface area (Å²) in [6, 6.07) is 0. The molecule has 0 spiro atoms. The third-order valence-electron chi connectivity index (χ3n) is 3.87. The number of alkyl carbamates (subject to hydrolysis) is 1. The van der Waals surface area contributed by atoms with Gasteiger partial charge in [-0.3, -0.25) is 0 Å². The van der Waals surface area contributed by atoms with Crippen molar-refractivity contribution in [3.8, 4) is 0 Å². The molecular weight excluding hydrogens is 530 g/mol. The Morgan fingerprint density at radius 2 is 1.18 bits per heavy atom. The Hall–Kier alpha value is -1.47. The van der Waals surface area contributed by atoms with Gasteiger partial charge in [0.2, 0.25) is 0 Å². The number of amides is 1. The molecule has 0 aromatic heterocycles. The van der Waals surface area contributed by atoms with Gasteiger partial charge in [0.15, 0.2) is 6.61 Å². The van der Waals surface area contributed by atoms with Crippen LogP contribution in [0.1, 0.15) is 20.8 Å². The summed E-state index contributed by atoms with van der Waals surface area (Å²) in [5, 5.41) is 1.70. The van der Waals surface area contributed by atoms with E-state index in [4.69, 9.17) is 13.3 Å². The number of halogens is 12. The molecule has 0 aromatic rings. The number of carbonyl (C=O) groups is 1. The fraction of sp³-hybridized carbons (Fsp3) is 0.933. The van der Waals surface area contributed by atoms with E-state index in [1.165, 1.54) is 20.8 Å². The van der Waals surface area contributed by atoms with E-state index >= 15 is 0 Å². The molecule has 0 radical (unpaired) electrons. The molecule has 0 aromatic carbocycles. The lowest BCUT2D eigenvalue weighted by atomic mass is 9.94. The highest BCUT2D eigenvalue weighted by molar-refractivity contribution is 6.61. The monoisotopic (exact) mass is 551 g/mol. The molecule has 0 aliphatic heterocycles. The SMILES string of the molecule is CCO[Si](CNC(=O)OCC(F)(F)C(F)(F)C(F)(F)C(F)(F)C(F)(F)C(F)F)(OCC)OCC. The van der Waals surface area contributed by atoms with Gasteiger partial charge in [-0.15, -0.1) is 0 Å². The van der Waals surface area contributed by atoms with Gasteiger partial charge < -0.3 is 23.3 Å². The molecule has 6 nitrogen and oxygen atoms in total. The summed E-state index contributed by atoms with van der Waals surface area (Å²) < 4.78 is 177. The van der Waals surface area contributed by atoms with E-state index in [0.717, 1.165) is 0 Å². The van der Waals surface area contributed by atoms with Crippen molar-refractivity contribution in [1.29, 1.82) is 0 Å². The molecular formula is C15H21F12NO5Si. The van der Waals surface area contributed by atoms with Crippen LogP contribution in [0.3, 0.4) is 0 Å². The maximum absolute atomic E-state index is 13.6. The highest BCUT2D eigenvalue weighted by Gasteiger charge is 2.87. The lowest BCUT2D eigenvalue weighted by Gasteiger charge is -2.38. The topological polar surface area (TPSA) is 66.0 Å². The van der Waals surface area contributed by atoms with Crippen LogP contribution in [0.2, 0.25) is 0 Å². The molecule has 0 unspecified atom stereocenters. The zero-order valence-corrected chi connectivity index (χ0v) is 18.7. The summed E-state index contributed by atoms with van der Waals surface area (Å²) in [7, 11) is -3.68. The molecule has 0 fully saturated rings. The second kappa shape index (κ2) is 11.5. The molecule has 0 saturated carbocycles. The predicted octanol–water partition coefficient (Wildman–Crippen LogP) is 4.74. The molecule has 34 heavy (non-hydrogen) atoms. The predicted molar refractivity (Wildman–Crippen MR) is 90.7 cm³/mol. The first-order valence-electron chi connectivity index (χ1n) is 9.22. The maximum Gasteiger partial charge on any atom is 0.521 e. The van der Waals surface area contributed by atoms with E-state index in [2.05, 4.69) is 4.74 Å². The first-order chi connectivity index (χ1) is 15.2. The van der Waals surface area contributed by atoms with Gasteiger partial charge in [0, 0.05) is 19.8 Å². The molecule has 0 aliphatic carbocycles. The van der Waals surface area contributed by atoms with Gasteiger partial charge in [0.1, 0.15) is 0 Å². The second-order valence-electron chi connectivity index (χ2n) is 6.26. The molecule has 0 bridgehead atoms. The van der Waals surface area contributed by atoms with Crippen LogP contribution in [0.15, 0.2) is 0 Å².